The van der Waals surface area contributed by atoms with Crippen LogP contribution in [0.3, 0.4) is 0 Å². The number of aliphatic carboxylic acids is 1. The first-order valence-corrected chi connectivity index (χ1v) is 12.7. The summed E-state index contributed by atoms with van der Waals surface area (Å²) in [4.78, 5) is 13.5. The fourth-order valence-corrected chi connectivity index (χ4v) is 3.82. The van der Waals surface area contributed by atoms with Gasteiger partial charge in [-0.05, 0) is 39.3 Å². The fraction of sp³-hybridized carbons (Fsp3) is 0.885. The molecule has 3 nitrogen and oxygen atoms in total. The Labute approximate surface area is 182 Å². The van der Waals surface area contributed by atoms with E-state index in [4.69, 9.17) is 5.11 Å². The third kappa shape index (κ3) is 20.2. The highest BCUT2D eigenvalue weighted by molar-refractivity contribution is 5.85. The maximum absolute atomic E-state index is 11.0. The summed E-state index contributed by atoms with van der Waals surface area (Å²) in [6, 6.07) is 0. The smallest absolute Gasteiger partial charge is 0.330 e. The van der Waals surface area contributed by atoms with Crippen LogP contribution in [-0.4, -0.2) is 35.6 Å². The van der Waals surface area contributed by atoms with Gasteiger partial charge in [-0.25, -0.2) is 4.79 Å². The lowest BCUT2D eigenvalue weighted by Crippen LogP contribution is -2.27. The molecular weight excluding hydrogens is 358 g/mol. The van der Waals surface area contributed by atoms with Crippen molar-refractivity contribution in [2.75, 3.05) is 19.6 Å². The fourth-order valence-electron chi connectivity index (χ4n) is 3.82. The molecule has 0 amide bonds. The lowest BCUT2D eigenvalue weighted by atomic mass is 10.1. The Morgan fingerprint density at radius 2 is 1.03 bits per heavy atom. The van der Waals surface area contributed by atoms with Crippen LogP contribution in [0.25, 0.3) is 0 Å². The van der Waals surface area contributed by atoms with E-state index in [1.54, 1.807) is 6.92 Å². The maximum atomic E-state index is 11.0. The van der Waals surface area contributed by atoms with Crippen LogP contribution in [0.4, 0.5) is 0 Å². The lowest BCUT2D eigenvalue weighted by molar-refractivity contribution is -0.132. The molecule has 0 aliphatic heterocycles. The summed E-state index contributed by atoms with van der Waals surface area (Å²) in [5.74, 6) is -0.789. The second kappa shape index (κ2) is 21.9. The molecule has 0 atom stereocenters. The summed E-state index contributed by atoms with van der Waals surface area (Å²) in [5, 5.41) is 9.02. The Bertz CT molecular complexity index is 372. The van der Waals surface area contributed by atoms with Crippen molar-refractivity contribution in [3.8, 4) is 0 Å². The van der Waals surface area contributed by atoms with E-state index in [1.807, 2.05) is 6.08 Å². The Kier molecular flexibility index (Phi) is 21.2. The van der Waals surface area contributed by atoms with Gasteiger partial charge in [0.2, 0.25) is 0 Å². The molecule has 0 aromatic rings. The lowest BCUT2D eigenvalue weighted by Gasteiger charge is -2.22. The zero-order valence-corrected chi connectivity index (χ0v) is 20.0. The second-order valence-corrected chi connectivity index (χ2v) is 8.77. The minimum Gasteiger partial charge on any atom is -0.478 e. The van der Waals surface area contributed by atoms with Crippen LogP contribution in [0.1, 0.15) is 130 Å². The molecule has 0 unspecified atom stereocenters. The van der Waals surface area contributed by atoms with Crippen LogP contribution >= 0.6 is 0 Å². The molecule has 1 N–H and O–H groups in total. The van der Waals surface area contributed by atoms with Crippen molar-refractivity contribution < 1.29 is 9.90 Å². The topological polar surface area (TPSA) is 40.5 Å². The SMILES string of the molecule is CCCCCCCCCCN(CCC=C(C)C(=O)O)CCCCCCCCCC. The minimum absolute atomic E-state index is 0.476. The van der Waals surface area contributed by atoms with Crippen LogP contribution in [0.2, 0.25) is 0 Å². The van der Waals surface area contributed by atoms with E-state index in [0.717, 1.165) is 13.0 Å². The zero-order chi connectivity index (χ0) is 21.6. The van der Waals surface area contributed by atoms with E-state index in [1.165, 1.54) is 116 Å². The summed E-state index contributed by atoms with van der Waals surface area (Å²) >= 11 is 0. The summed E-state index contributed by atoms with van der Waals surface area (Å²) in [7, 11) is 0. The Morgan fingerprint density at radius 3 is 1.41 bits per heavy atom. The van der Waals surface area contributed by atoms with Crippen LogP contribution in [0, 0.1) is 0 Å². The molecule has 0 aliphatic carbocycles. The van der Waals surface area contributed by atoms with Gasteiger partial charge in [0.15, 0.2) is 0 Å². The third-order valence-electron chi connectivity index (χ3n) is 5.89. The predicted molar refractivity (Wildman–Crippen MR) is 128 cm³/mol. The number of carboxylic acid groups (broad SMARTS) is 1. The quantitative estimate of drug-likeness (QED) is 0.145. The molecule has 0 saturated carbocycles. The molecular formula is C26H51NO2. The Morgan fingerprint density at radius 1 is 0.655 bits per heavy atom. The molecule has 172 valence electrons. The highest BCUT2D eigenvalue weighted by Gasteiger charge is 2.05. The number of carbonyl (C=O) groups is 1. The van der Waals surface area contributed by atoms with Crippen molar-refractivity contribution in [3.63, 3.8) is 0 Å². The number of carboxylic acids is 1. The standard InChI is InChI=1S/C26H51NO2/c1-4-6-8-10-12-14-16-18-22-27(24-20-21-25(3)26(28)29)23-19-17-15-13-11-9-7-5-2/h21H,4-20,22-24H2,1-3H3,(H,28,29). The number of rotatable bonds is 22. The highest BCUT2D eigenvalue weighted by atomic mass is 16.4. The second-order valence-electron chi connectivity index (χ2n) is 8.77. The number of nitrogens with zero attached hydrogens (tertiary/aromatic N) is 1. The molecule has 0 aliphatic rings. The summed E-state index contributed by atoms with van der Waals surface area (Å²) < 4.78 is 0. The van der Waals surface area contributed by atoms with Gasteiger partial charge >= 0.3 is 5.97 Å². The van der Waals surface area contributed by atoms with Crippen LogP contribution < -0.4 is 0 Å². The number of unbranched alkanes of at least 4 members (excludes halogenated alkanes) is 14. The molecule has 0 rings (SSSR count). The molecule has 0 radical (unpaired) electrons. The third-order valence-corrected chi connectivity index (χ3v) is 5.89. The largest absolute Gasteiger partial charge is 0.478 e. The first kappa shape index (κ1) is 28.2. The molecule has 0 bridgehead atoms. The van der Waals surface area contributed by atoms with Gasteiger partial charge in [0.1, 0.15) is 0 Å². The van der Waals surface area contributed by atoms with Crippen LogP contribution in [0.5, 0.6) is 0 Å². The monoisotopic (exact) mass is 409 g/mol. The normalized spacial score (nSPS) is 12.1. The van der Waals surface area contributed by atoms with Gasteiger partial charge in [0.05, 0.1) is 0 Å². The molecule has 0 saturated heterocycles. The summed E-state index contributed by atoms with van der Waals surface area (Å²) in [5.41, 5.74) is 0.476. The van der Waals surface area contributed by atoms with E-state index in [0.29, 0.717) is 5.57 Å². The van der Waals surface area contributed by atoms with Crippen molar-refractivity contribution in [1.82, 2.24) is 4.90 Å². The van der Waals surface area contributed by atoms with Crippen molar-refractivity contribution in [1.29, 1.82) is 0 Å². The van der Waals surface area contributed by atoms with Crippen molar-refractivity contribution >= 4 is 5.97 Å². The zero-order valence-electron chi connectivity index (χ0n) is 20.0. The van der Waals surface area contributed by atoms with Gasteiger partial charge in [-0.15, -0.1) is 0 Å². The molecule has 0 aromatic heterocycles. The number of hydrogen-bond donors (Lipinski definition) is 1. The average molecular weight is 410 g/mol. The van der Waals surface area contributed by atoms with Gasteiger partial charge in [0.25, 0.3) is 0 Å². The highest BCUT2D eigenvalue weighted by Crippen LogP contribution is 2.12. The van der Waals surface area contributed by atoms with Crippen LogP contribution in [-0.2, 0) is 4.79 Å². The van der Waals surface area contributed by atoms with E-state index in [-0.39, 0.29) is 0 Å². The van der Waals surface area contributed by atoms with Crippen LogP contribution in [0.15, 0.2) is 11.6 Å². The maximum Gasteiger partial charge on any atom is 0.330 e. The van der Waals surface area contributed by atoms with Gasteiger partial charge < -0.3 is 10.0 Å². The molecule has 29 heavy (non-hydrogen) atoms. The molecule has 0 fully saturated rings. The van der Waals surface area contributed by atoms with E-state index in [2.05, 4.69) is 18.7 Å². The van der Waals surface area contributed by atoms with Crippen molar-refractivity contribution in [2.45, 2.75) is 130 Å². The van der Waals surface area contributed by atoms with E-state index < -0.39 is 5.97 Å². The minimum atomic E-state index is -0.789. The van der Waals surface area contributed by atoms with Crippen molar-refractivity contribution in [2.24, 2.45) is 0 Å². The number of hydrogen-bond acceptors (Lipinski definition) is 2. The summed E-state index contributed by atoms with van der Waals surface area (Å²) in [6.45, 7) is 9.58. The summed E-state index contributed by atoms with van der Waals surface area (Å²) in [6.07, 6.45) is 24.5. The van der Waals surface area contributed by atoms with Gasteiger partial charge in [0, 0.05) is 12.1 Å². The molecule has 0 spiro atoms. The van der Waals surface area contributed by atoms with E-state index in [9.17, 15) is 4.79 Å². The van der Waals surface area contributed by atoms with Gasteiger partial charge in [-0.2, -0.15) is 0 Å². The predicted octanol–water partition coefficient (Wildman–Crippen LogP) is 7.99. The average Bonchev–Trinajstić information content (AvgIpc) is 2.71. The first-order valence-electron chi connectivity index (χ1n) is 12.7. The molecule has 0 aromatic carbocycles. The van der Waals surface area contributed by atoms with Gasteiger partial charge in [-0.3, -0.25) is 0 Å². The first-order chi connectivity index (χ1) is 14.1. The molecule has 0 heterocycles. The van der Waals surface area contributed by atoms with Gasteiger partial charge in [-0.1, -0.05) is 110 Å². The Balaban J connectivity index is 4.00. The van der Waals surface area contributed by atoms with E-state index >= 15 is 0 Å². The Hall–Kier alpha value is -0.830. The molecule has 3 heteroatoms. The van der Waals surface area contributed by atoms with Crippen molar-refractivity contribution in [3.05, 3.63) is 11.6 Å².